The zero-order valence-electron chi connectivity index (χ0n) is 15.5. The van der Waals surface area contributed by atoms with Gasteiger partial charge in [0.1, 0.15) is 0 Å². The number of hydrogen-bond acceptors (Lipinski definition) is 2. The molecule has 2 aromatic rings. The van der Waals surface area contributed by atoms with Crippen molar-refractivity contribution in [1.29, 1.82) is 0 Å². The number of benzene rings is 2. The van der Waals surface area contributed by atoms with Gasteiger partial charge in [0.15, 0.2) is 12.2 Å². The van der Waals surface area contributed by atoms with E-state index < -0.39 is 0 Å². The van der Waals surface area contributed by atoms with E-state index in [2.05, 4.69) is 72.4 Å². The van der Waals surface area contributed by atoms with Crippen molar-refractivity contribution in [3.63, 3.8) is 0 Å². The topological polar surface area (TPSA) is 18.5 Å². The van der Waals surface area contributed by atoms with Crippen LogP contribution >= 0.6 is 0 Å². The predicted octanol–water partition coefficient (Wildman–Crippen LogP) is 5.84. The molecule has 0 aliphatic carbocycles. The molecule has 2 nitrogen and oxygen atoms in total. The molecule has 1 aliphatic rings. The number of hydrogen-bond donors (Lipinski definition) is 0. The zero-order chi connectivity index (χ0) is 17.6. The fraction of sp³-hybridized carbons (Fsp3) is 0.364. The minimum Gasteiger partial charge on any atom is -0.453 e. The molecule has 0 aromatic heterocycles. The van der Waals surface area contributed by atoms with E-state index in [4.69, 9.17) is 9.47 Å². The minimum atomic E-state index is -0.154. The molecule has 126 valence electrons. The summed E-state index contributed by atoms with van der Waals surface area (Å²) in [4.78, 5) is 0. The van der Waals surface area contributed by atoms with Crippen LogP contribution in [-0.2, 0) is 9.47 Å². The van der Waals surface area contributed by atoms with E-state index in [9.17, 15) is 0 Å². The molecule has 1 saturated heterocycles. The molecule has 24 heavy (non-hydrogen) atoms. The molecule has 2 heteroatoms. The molecular formula is C22H26O2. The maximum atomic E-state index is 6.04. The molecule has 0 bridgehead atoms. The van der Waals surface area contributed by atoms with Crippen molar-refractivity contribution in [2.75, 3.05) is 0 Å². The van der Waals surface area contributed by atoms with Crippen LogP contribution in [0.1, 0.15) is 56.7 Å². The van der Waals surface area contributed by atoms with Crippen molar-refractivity contribution in [1.82, 2.24) is 0 Å². The van der Waals surface area contributed by atoms with Crippen LogP contribution in [0, 0.1) is 41.5 Å². The standard InChI is InChI=1S/C22H26O2/c1-12-8-14(3)19(15(4)9-12)21-22(24-18(7)23-21)20-16(5)10-13(2)11-17(20)6/h8-11,21-22H,7H2,1-6H3/t21-,22-/m1/s1. The molecule has 0 saturated carbocycles. The van der Waals surface area contributed by atoms with E-state index in [0.29, 0.717) is 5.95 Å². The largest absolute Gasteiger partial charge is 0.453 e. The van der Waals surface area contributed by atoms with E-state index in [0.717, 1.165) is 0 Å². The first-order valence-electron chi connectivity index (χ1n) is 8.45. The first kappa shape index (κ1) is 16.6. The van der Waals surface area contributed by atoms with Crippen LogP contribution in [0.5, 0.6) is 0 Å². The summed E-state index contributed by atoms with van der Waals surface area (Å²) in [5.74, 6) is 0.406. The van der Waals surface area contributed by atoms with Crippen LogP contribution in [0.2, 0.25) is 0 Å². The van der Waals surface area contributed by atoms with Gasteiger partial charge in [0, 0.05) is 11.1 Å². The SMILES string of the molecule is C=C1O[C@H](c2c(C)cc(C)cc2C)[C@@H](c2c(C)cc(C)cc2C)O1. The van der Waals surface area contributed by atoms with E-state index in [-0.39, 0.29) is 12.2 Å². The van der Waals surface area contributed by atoms with E-state index in [1.54, 1.807) is 0 Å². The average Bonchev–Trinajstić information content (AvgIpc) is 2.77. The molecule has 0 spiro atoms. The fourth-order valence-corrected chi connectivity index (χ4v) is 4.14. The summed E-state index contributed by atoms with van der Waals surface area (Å²) in [7, 11) is 0. The molecule has 0 N–H and O–H groups in total. The first-order chi connectivity index (χ1) is 11.3. The average molecular weight is 322 g/mol. The molecule has 1 heterocycles. The Labute approximate surface area is 145 Å². The molecule has 1 aliphatic heterocycles. The van der Waals surface area contributed by atoms with Gasteiger partial charge in [-0.25, -0.2) is 0 Å². The lowest BCUT2D eigenvalue weighted by Crippen LogP contribution is -2.13. The summed E-state index contributed by atoms with van der Waals surface area (Å²) in [5, 5.41) is 0. The second-order valence-corrected chi connectivity index (χ2v) is 7.07. The highest BCUT2D eigenvalue weighted by molar-refractivity contribution is 5.45. The lowest BCUT2D eigenvalue weighted by molar-refractivity contribution is 0.142. The molecule has 2 aromatic carbocycles. The molecule has 2 atom stereocenters. The van der Waals surface area contributed by atoms with Crippen LogP contribution in [0.3, 0.4) is 0 Å². The summed E-state index contributed by atoms with van der Waals surface area (Å²) in [6, 6.07) is 8.83. The van der Waals surface area contributed by atoms with Gasteiger partial charge >= 0.3 is 0 Å². The Morgan fingerprint density at radius 3 is 1.21 bits per heavy atom. The third kappa shape index (κ3) is 2.82. The first-order valence-corrected chi connectivity index (χ1v) is 8.45. The van der Waals surface area contributed by atoms with Crippen molar-refractivity contribution >= 4 is 0 Å². The number of ether oxygens (including phenoxy) is 2. The van der Waals surface area contributed by atoms with Gasteiger partial charge in [-0.15, -0.1) is 0 Å². The van der Waals surface area contributed by atoms with Crippen LogP contribution in [0.4, 0.5) is 0 Å². The number of rotatable bonds is 2. The summed E-state index contributed by atoms with van der Waals surface area (Å²) < 4.78 is 12.1. The van der Waals surface area contributed by atoms with Crippen molar-refractivity contribution in [3.8, 4) is 0 Å². The third-order valence-electron chi connectivity index (χ3n) is 4.84. The van der Waals surface area contributed by atoms with Gasteiger partial charge in [-0.1, -0.05) is 35.4 Å². The molecule has 1 fully saturated rings. The molecule has 3 rings (SSSR count). The summed E-state index contributed by atoms with van der Waals surface area (Å²) in [5.41, 5.74) is 9.92. The monoisotopic (exact) mass is 322 g/mol. The van der Waals surface area contributed by atoms with Gasteiger partial charge in [-0.2, -0.15) is 0 Å². The lowest BCUT2D eigenvalue weighted by atomic mass is 9.87. The summed E-state index contributed by atoms with van der Waals surface area (Å²) in [6.07, 6.45) is -0.309. The van der Waals surface area contributed by atoms with Gasteiger partial charge in [0.25, 0.3) is 5.95 Å². The van der Waals surface area contributed by atoms with Crippen LogP contribution < -0.4 is 0 Å². The highest BCUT2D eigenvalue weighted by Gasteiger charge is 2.39. The highest BCUT2D eigenvalue weighted by atomic mass is 16.7. The van der Waals surface area contributed by atoms with E-state index in [1.165, 1.54) is 44.5 Å². The van der Waals surface area contributed by atoms with Gasteiger partial charge in [0.05, 0.1) is 0 Å². The third-order valence-corrected chi connectivity index (χ3v) is 4.84. The minimum absolute atomic E-state index is 0.154. The van der Waals surface area contributed by atoms with Gasteiger partial charge < -0.3 is 9.47 Å². The molecule has 0 radical (unpaired) electrons. The Bertz CT molecular complexity index is 703. The van der Waals surface area contributed by atoms with Gasteiger partial charge in [0.2, 0.25) is 0 Å². The zero-order valence-corrected chi connectivity index (χ0v) is 15.5. The van der Waals surface area contributed by atoms with Gasteiger partial charge in [-0.3, -0.25) is 0 Å². The maximum Gasteiger partial charge on any atom is 0.273 e. The fourth-order valence-electron chi connectivity index (χ4n) is 4.14. The smallest absolute Gasteiger partial charge is 0.273 e. The predicted molar refractivity (Wildman–Crippen MR) is 98.1 cm³/mol. The quantitative estimate of drug-likeness (QED) is 0.691. The van der Waals surface area contributed by atoms with Crippen molar-refractivity contribution < 1.29 is 9.47 Å². The lowest BCUT2D eigenvalue weighted by Gasteiger charge is -2.23. The van der Waals surface area contributed by atoms with Crippen LogP contribution in [-0.4, -0.2) is 0 Å². The second-order valence-electron chi connectivity index (χ2n) is 7.07. The van der Waals surface area contributed by atoms with Crippen molar-refractivity contribution in [3.05, 3.63) is 81.3 Å². The van der Waals surface area contributed by atoms with E-state index in [1.807, 2.05) is 0 Å². The summed E-state index contributed by atoms with van der Waals surface area (Å²) >= 11 is 0. The van der Waals surface area contributed by atoms with E-state index >= 15 is 0 Å². The van der Waals surface area contributed by atoms with Crippen molar-refractivity contribution in [2.45, 2.75) is 53.8 Å². The Hall–Kier alpha value is -2.22. The van der Waals surface area contributed by atoms with Gasteiger partial charge in [-0.05, 0) is 70.4 Å². The molecule has 0 amide bonds. The molecule has 0 unspecified atom stereocenters. The van der Waals surface area contributed by atoms with Crippen molar-refractivity contribution in [2.24, 2.45) is 0 Å². The summed E-state index contributed by atoms with van der Waals surface area (Å²) in [6.45, 7) is 16.7. The Balaban J connectivity index is 2.14. The molecular weight excluding hydrogens is 296 g/mol. The Kier molecular flexibility index (Phi) is 4.16. The maximum absolute atomic E-state index is 6.04. The second kappa shape index (κ2) is 6.01. The Morgan fingerprint density at radius 1 is 0.625 bits per heavy atom. The highest BCUT2D eigenvalue weighted by Crippen LogP contribution is 2.47. The van der Waals surface area contributed by atoms with Crippen LogP contribution in [0.25, 0.3) is 0 Å². The normalized spacial score (nSPS) is 20.0. The Morgan fingerprint density at radius 2 is 0.917 bits per heavy atom. The number of aryl methyl sites for hydroxylation is 6. The van der Waals surface area contributed by atoms with Crippen LogP contribution in [0.15, 0.2) is 36.8 Å².